The first-order valence-electron chi connectivity index (χ1n) is 8.63. The van der Waals surface area contributed by atoms with Gasteiger partial charge < -0.3 is 19.2 Å². The number of carbonyl (C=O) groups excluding carboxylic acids is 1. The second-order valence-corrected chi connectivity index (χ2v) is 6.19. The van der Waals surface area contributed by atoms with E-state index in [1.165, 1.54) is 18.5 Å². The highest BCUT2D eigenvalue weighted by Crippen LogP contribution is 2.38. The summed E-state index contributed by atoms with van der Waals surface area (Å²) in [5.41, 5.74) is -4.48. The van der Waals surface area contributed by atoms with E-state index in [0.29, 0.717) is 11.5 Å². The first-order valence-corrected chi connectivity index (χ1v) is 8.63. The van der Waals surface area contributed by atoms with Crippen LogP contribution in [0.1, 0.15) is 21.9 Å². The summed E-state index contributed by atoms with van der Waals surface area (Å²) in [5.74, 6) is -11.0. The monoisotopic (exact) mass is 463 g/mol. The highest BCUT2D eigenvalue weighted by Gasteiger charge is 2.42. The third kappa shape index (κ3) is 4.63. The van der Waals surface area contributed by atoms with E-state index in [9.17, 15) is 35.5 Å². The van der Waals surface area contributed by atoms with Gasteiger partial charge in [-0.15, -0.1) is 0 Å². The number of hydrogen-bond donors (Lipinski definition) is 1. The van der Waals surface area contributed by atoms with Crippen LogP contribution in [-0.2, 0) is 12.8 Å². The number of rotatable bonds is 6. The summed E-state index contributed by atoms with van der Waals surface area (Å²) in [6, 6.07) is 8.78. The van der Waals surface area contributed by atoms with Crippen molar-refractivity contribution >= 4 is 11.6 Å². The Morgan fingerprint density at radius 2 is 1.47 bits per heavy atom. The zero-order valence-corrected chi connectivity index (χ0v) is 15.9. The molecule has 32 heavy (non-hydrogen) atoms. The molecule has 3 aromatic rings. The van der Waals surface area contributed by atoms with Crippen molar-refractivity contribution in [3.8, 4) is 11.5 Å². The summed E-state index contributed by atoms with van der Waals surface area (Å²) in [6.45, 7) is -0.161. The Hall–Kier alpha value is -3.70. The molecular formula is C20H12F7NO4. The molecule has 0 aliphatic heterocycles. The number of carbonyl (C=O) groups is 1. The Balaban J connectivity index is 1.75. The fourth-order valence-corrected chi connectivity index (χ4v) is 2.57. The zero-order chi connectivity index (χ0) is 23.6. The van der Waals surface area contributed by atoms with Gasteiger partial charge in [-0.2, -0.15) is 13.2 Å². The molecule has 170 valence electrons. The summed E-state index contributed by atoms with van der Waals surface area (Å²) < 4.78 is 109. The molecule has 1 N–H and O–H groups in total. The average Bonchev–Trinajstić information content (AvgIpc) is 3.22. The number of methoxy groups -OCH3 is 1. The molecule has 0 saturated heterocycles. The van der Waals surface area contributed by atoms with Gasteiger partial charge in [0, 0.05) is 0 Å². The number of anilines is 1. The molecular weight excluding hydrogens is 451 g/mol. The van der Waals surface area contributed by atoms with Gasteiger partial charge in [0.15, 0.2) is 29.0 Å². The summed E-state index contributed by atoms with van der Waals surface area (Å²) in [4.78, 5) is 12.1. The molecule has 0 aliphatic rings. The smallest absolute Gasteiger partial charge is 0.422 e. The van der Waals surface area contributed by atoms with Crippen molar-refractivity contribution in [3.63, 3.8) is 0 Å². The molecule has 1 heterocycles. The first-order chi connectivity index (χ1) is 15.0. The first kappa shape index (κ1) is 23.0. The Bertz CT molecular complexity index is 1110. The minimum Gasteiger partial charge on any atom is -0.497 e. The van der Waals surface area contributed by atoms with Crippen LogP contribution < -0.4 is 14.8 Å². The SMILES string of the molecule is COc1ccc(OCc2ccc(C(=O)Nc3c(F)c(F)c(C(F)(F)F)c(F)c3F)o2)cc1. The quantitative estimate of drug-likeness (QED) is 0.377. The van der Waals surface area contributed by atoms with Crippen LogP contribution in [0.4, 0.5) is 36.4 Å². The molecule has 0 unspecified atom stereocenters. The van der Waals surface area contributed by atoms with Gasteiger partial charge in [-0.25, -0.2) is 17.6 Å². The second kappa shape index (κ2) is 8.81. The van der Waals surface area contributed by atoms with E-state index in [4.69, 9.17) is 13.9 Å². The molecule has 2 aromatic carbocycles. The normalized spacial score (nSPS) is 11.4. The molecule has 0 atom stereocenters. The number of ether oxygens (including phenoxy) is 2. The molecule has 0 fully saturated rings. The standard InChI is InChI=1S/C20H12F7NO4/c1-30-9-2-4-10(5-3-9)31-8-11-6-7-12(32-11)19(29)28-18-16(23)14(21)13(20(25,26)27)15(22)17(18)24/h2-7H,8H2,1H3,(H,28,29). The second-order valence-electron chi connectivity index (χ2n) is 6.19. The fraction of sp³-hybridized carbons (Fsp3) is 0.150. The number of halogens is 7. The van der Waals surface area contributed by atoms with Gasteiger partial charge in [0.1, 0.15) is 35.1 Å². The lowest BCUT2D eigenvalue weighted by molar-refractivity contribution is -0.143. The van der Waals surface area contributed by atoms with Crippen LogP contribution in [0.5, 0.6) is 11.5 Å². The van der Waals surface area contributed by atoms with Gasteiger partial charge in [0.2, 0.25) is 0 Å². The Morgan fingerprint density at radius 3 is 2.00 bits per heavy atom. The van der Waals surface area contributed by atoms with Crippen LogP contribution in [0.15, 0.2) is 40.8 Å². The molecule has 0 spiro atoms. The zero-order valence-electron chi connectivity index (χ0n) is 15.9. The number of furan rings is 1. The van der Waals surface area contributed by atoms with E-state index in [0.717, 1.165) is 6.07 Å². The van der Waals surface area contributed by atoms with Crippen LogP contribution in [0, 0.1) is 23.3 Å². The van der Waals surface area contributed by atoms with Crippen molar-refractivity contribution in [2.24, 2.45) is 0 Å². The molecule has 0 radical (unpaired) electrons. The lowest BCUT2D eigenvalue weighted by Crippen LogP contribution is -2.20. The van der Waals surface area contributed by atoms with Crippen molar-refractivity contribution < 1.29 is 49.4 Å². The van der Waals surface area contributed by atoms with Crippen LogP contribution in [-0.4, -0.2) is 13.0 Å². The van der Waals surface area contributed by atoms with E-state index < -0.39 is 52.4 Å². The molecule has 3 rings (SSSR count). The molecule has 0 bridgehead atoms. The Morgan fingerprint density at radius 1 is 0.906 bits per heavy atom. The Kier molecular flexibility index (Phi) is 6.32. The minimum absolute atomic E-state index is 0.0942. The van der Waals surface area contributed by atoms with Crippen LogP contribution in [0.2, 0.25) is 0 Å². The summed E-state index contributed by atoms with van der Waals surface area (Å²) in [7, 11) is 1.48. The summed E-state index contributed by atoms with van der Waals surface area (Å²) >= 11 is 0. The van der Waals surface area contributed by atoms with Crippen molar-refractivity contribution in [1.29, 1.82) is 0 Å². The molecule has 0 aliphatic carbocycles. The fourth-order valence-electron chi connectivity index (χ4n) is 2.57. The third-order valence-electron chi connectivity index (χ3n) is 4.11. The van der Waals surface area contributed by atoms with E-state index in [1.807, 2.05) is 0 Å². The maximum Gasteiger partial charge on any atom is 0.422 e. The van der Waals surface area contributed by atoms with E-state index in [2.05, 4.69) is 0 Å². The maximum atomic E-state index is 13.9. The highest BCUT2D eigenvalue weighted by atomic mass is 19.4. The van der Waals surface area contributed by atoms with Crippen LogP contribution in [0.25, 0.3) is 0 Å². The van der Waals surface area contributed by atoms with E-state index in [1.54, 1.807) is 24.3 Å². The van der Waals surface area contributed by atoms with E-state index >= 15 is 0 Å². The predicted molar refractivity (Wildman–Crippen MR) is 95.3 cm³/mol. The molecule has 12 heteroatoms. The summed E-state index contributed by atoms with van der Waals surface area (Å²) in [5, 5.41) is 1.47. The van der Waals surface area contributed by atoms with Crippen molar-refractivity contribution in [2.45, 2.75) is 12.8 Å². The molecule has 1 aromatic heterocycles. The number of benzene rings is 2. The van der Waals surface area contributed by atoms with Crippen molar-refractivity contribution in [1.82, 2.24) is 0 Å². The number of amides is 1. The topological polar surface area (TPSA) is 60.7 Å². The van der Waals surface area contributed by atoms with Crippen molar-refractivity contribution in [2.75, 3.05) is 12.4 Å². The summed E-state index contributed by atoms with van der Waals surface area (Å²) in [6.07, 6.45) is -5.70. The molecule has 5 nitrogen and oxygen atoms in total. The maximum absolute atomic E-state index is 13.9. The average molecular weight is 463 g/mol. The van der Waals surface area contributed by atoms with Gasteiger partial charge in [-0.1, -0.05) is 0 Å². The third-order valence-corrected chi connectivity index (χ3v) is 4.11. The molecule has 0 saturated carbocycles. The minimum atomic E-state index is -5.70. The lowest BCUT2D eigenvalue weighted by Gasteiger charge is -2.14. The number of alkyl halides is 3. The van der Waals surface area contributed by atoms with Crippen LogP contribution in [0.3, 0.4) is 0 Å². The largest absolute Gasteiger partial charge is 0.497 e. The number of nitrogens with one attached hydrogen (secondary N) is 1. The van der Waals surface area contributed by atoms with Gasteiger partial charge in [0.05, 0.1) is 7.11 Å². The molecule has 1 amide bonds. The van der Waals surface area contributed by atoms with E-state index in [-0.39, 0.29) is 12.4 Å². The van der Waals surface area contributed by atoms with Crippen LogP contribution >= 0.6 is 0 Å². The lowest BCUT2D eigenvalue weighted by atomic mass is 10.1. The van der Waals surface area contributed by atoms with Gasteiger partial charge in [-0.3, -0.25) is 4.79 Å². The number of hydrogen-bond acceptors (Lipinski definition) is 4. The predicted octanol–water partition coefficient (Wildman–Crippen LogP) is 5.69. The van der Waals surface area contributed by atoms with Gasteiger partial charge >= 0.3 is 6.18 Å². The van der Waals surface area contributed by atoms with Crippen molar-refractivity contribution in [3.05, 3.63) is 76.8 Å². The van der Waals surface area contributed by atoms with Gasteiger partial charge in [-0.05, 0) is 36.4 Å². The van der Waals surface area contributed by atoms with Gasteiger partial charge in [0.25, 0.3) is 5.91 Å². The Labute approximate surface area is 175 Å². The highest BCUT2D eigenvalue weighted by molar-refractivity contribution is 6.02.